The topological polar surface area (TPSA) is 63.7 Å². The molecule has 5 nitrogen and oxygen atoms in total. The Morgan fingerprint density at radius 1 is 1.03 bits per heavy atom. The molecule has 1 saturated heterocycles. The lowest BCUT2D eigenvalue weighted by atomic mass is 10.1. The van der Waals surface area contributed by atoms with Gasteiger partial charge in [-0.25, -0.2) is 4.79 Å². The molecule has 1 fully saturated rings. The summed E-state index contributed by atoms with van der Waals surface area (Å²) < 4.78 is 5.56. The molecule has 2 amide bonds. The van der Waals surface area contributed by atoms with E-state index in [9.17, 15) is 14.4 Å². The van der Waals surface area contributed by atoms with E-state index in [1.807, 2.05) is 19.1 Å². The number of esters is 1. The molecule has 1 aliphatic rings. The van der Waals surface area contributed by atoms with Crippen molar-refractivity contribution in [2.24, 2.45) is 0 Å². The van der Waals surface area contributed by atoms with Gasteiger partial charge in [-0.3, -0.25) is 14.5 Å². The predicted octanol–water partition coefficient (Wildman–Crippen LogP) is 6.10. The lowest BCUT2D eigenvalue weighted by Crippen LogP contribution is -2.27. The molecule has 0 spiro atoms. The molecule has 0 aliphatic carbocycles. The van der Waals surface area contributed by atoms with Crippen LogP contribution in [-0.4, -0.2) is 22.0 Å². The van der Waals surface area contributed by atoms with Crippen molar-refractivity contribution in [3.63, 3.8) is 0 Å². The summed E-state index contributed by atoms with van der Waals surface area (Å²) in [4.78, 5) is 39.3. The number of carbonyl (C=O) groups is 3. The number of rotatable bonds is 5. The first-order valence-electron chi connectivity index (χ1n) is 9.78. The zero-order chi connectivity index (χ0) is 22.7. The molecular weight excluding hydrogens is 446 g/mol. The zero-order valence-corrected chi connectivity index (χ0v) is 18.7. The largest absolute Gasteiger partial charge is 0.422 e. The highest BCUT2D eigenvalue weighted by atomic mass is 35.5. The van der Waals surface area contributed by atoms with Crippen molar-refractivity contribution >= 4 is 46.6 Å². The highest BCUT2D eigenvalue weighted by molar-refractivity contribution is 8.18. The first-order valence-corrected chi connectivity index (χ1v) is 11.0. The Bertz CT molecular complexity index is 1240. The van der Waals surface area contributed by atoms with Gasteiger partial charge in [-0.2, -0.15) is 0 Å². The number of para-hydroxylation sites is 1. The van der Waals surface area contributed by atoms with Crippen molar-refractivity contribution in [3.05, 3.63) is 105 Å². The third-order valence-electron chi connectivity index (χ3n) is 4.80. The van der Waals surface area contributed by atoms with Gasteiger partial charge in [0.25, 0.3) is 11.1 Å². The second kappa shape index (κ2) is 9.42. The van der Waals surface area contributed by atoms with Crippen molar-refractivity contribution in [1.29, 1.82) is 0 Å². The third-order valence-corrected chi connectivity index (χ3v) is 5.94. The van der Waals surface area contributed by atoms with Gasteiger partial charge in [0.2, 0.25) is 0 Å². The van der Waals surface area contributed by atoms with Crippen molar-refractivity contribution in [3.8, 4) is 5.75 Å². The second-order valence-corrected chi connectivity index (χ2v) is 8.62. The molecule has 32 heavy (non-hydrogen) atoms. The number of imide groups is 1. The SMILES string of the molecule is Cc1ccc(C(=O)Oc2ccccc2/C=C2\SC(=O)N(Cc3cccc(Cl)c3)C2=O)cc1. The summed E-state index contributed by atoms with van der Waals surface area (Å²) in [5, 5.41) is 0.171. The fraction of sp³-hybridized carbons (Fsp3) is 0.0800. The number of hydrogen-bond acceptors (Lipinski definition) is 5. The fourth-order valence-electron chi connectivity index (χ4n) is 3.14. The van der Waals surface area contributed by atoms with E-state index in [1.165, 1.54) is 4.90 Å². The summed E-state index contributed by atoms with van der Waals surface area (Å²) in [5.41, 5.74) is 2.75. The van der Waals surface area contributed by atoms with Gasteiger partial charge in [0, 0.05) is 10.6 Å². The van der Waals surface area contributed by atoms with Crippen LogP contribution >= 0.6 is 23.4 Å². The third kappa shape index (κ3) is 4.93. The molecule has 0 bridgehead atoms. The van der Waals surface area contributed by atoms with Crippen LogP contribution in [0, 0.1) is 6.92 Å². The van der Waals surface area contributed by atoms with Gasteiger partial charge in [0.05, 0.1) is 17.0 Å². The molecule has 160 valence electrons. The number of aryl methyl sites for hydroxylation is 1. The maximum atomic E-state index is 12.9. The lowest BCUT2D eigenvalue weighted by Gasteiger charge is -2.12. The Morgan fingerprint density at radius 2 is 1.78 bits per heavy atom. The number of benzene rings is 3. The van der Waals surface area contributed by atoms with Gasteiger partial charge in [0.1, 0.15) is 5.75 Å². The highest BCUT2D eigenvalue weighted by Gasteiger charge is 2.35. The molecule has 0 saturated carbocycles. The molecule has 0 N–H and O–H groups in total. The smallest absolute Gasteiger partial charge is 0.343 e. The quantitative estimate of drug-likeness (QED) is 0.260. The molecule has 0 atom stereocenters. The number of thioether (sulfide) groups is 1. The van der Waals surface area contributed by atoms with E-state index >= 15 is 0 Å². The standard InChI is InChI=1S/C25H18ClNO4S/c1-16-9-11-18(12-10-16)24(29)31-21-8-3-2-6-19(21)14-22-23(28)27(25(30)32-22)15-17-5-4-7-20(26)13-17/h2-14H,15H2,1H3/b22-14-. The van der Waals surface area contributed by atoms with Crippen LogP contribution in [0.15, 0.2) is 77.7 Å². The van der Waals surface area contributed by atoms with Crippen LogP contribution in [0.1, 0.15) is 27.0 Å². The van der Waals surface area contributed by atoms with Crippen LogP contribution in [0.3, 0.4) is 0 Å². The van der Waals surface area contributed by atoms with Crippen molar-refractivity contribution in [1.82, 2.24) is 4.90 Å². The van der Waals surface area contributed by atoms with Gasteiger partial charge in [-0.1, -0.05) is 59.6 Å². The Hall–Kier alpha value is -3.35. The van der Waals surface area contributed by atoms with Crippen LogP contribution in [0.25, 0.3) is 6.08 Å². The Kier molecular flexibility index (Phi) is 6.44. The molecule has 1 aliphatic heterocycles. The monoisotopic (exact) mass is 463 g/mol. The maximum Gasteiger partial charge on any atom is 0.343 e. The molecule has 3 aromatic rings. The van der Waals surface area contributed by atoms with Crippen LogP contribution < -0.4 is 4.74 Å². The van der Waals surface area contributed by atoms with Crippen molar-refractivity contribution in [2.75, 3.05) is 0 Å². The van der Waals surface area contributed by atoms with Crippen LogP contribution in [-0.2, 0) is 11.3 Å². The second-order valence-electron chi connectivity index (χ2n) is 7.19. The molecule has 0 aromatic heterocycles. The molecule has 0 radical (unpaired) electrons. The van der Waals surface area contributed by atoms with Gasteiger partial charge in [-0.05, 0) is 60.7 Å². The number of hydrogen-bond donors (Lipinski definition) is 0. The van der Waals surface area contributed by atoms with Gasteiger partial charge < -0.3 is 4.74 Å². The van der Waals surface area contributed by atoms with Gasteiger partial charge in [-0.15, -0.1) is 0 Å². The van der Waals surface area contributed by atoms with Crippen LogP contribution in [0.5, 0.6) is 5.75 Å². The minimum atomic E-state index is -0.500. The van der Waals surface area contributed by atoms with Crippen molar-refractivity contribution in [2.45, 2.75) is 13.5 Å². The van der Waals surface area contributed by atoms with E-state index in [1.54, 1.807) is 66.7 Å². The van der Waals surface area contributed by atoms with Crippen LogP contribution in [0.4, 0.5) is 4.79 Å². The Morgan fingerprint density at radius 3 is 2.53 bits per heavy atom. The molecule has 3 aromatic carbocycles. The summed E-state index contributed by atoms with van der Waals surface area (Å²) in [7, 11) is 0. The predicted molar refractivity (Wildman–Crippen MR) is 126 cm³/mol. The molecule has 0 unspecified atom stereocenters. The first kappa shape index (κ1) is 21.9. The summed E-state index contributed by atoms with van der Waals surface area (Å²) in [5.74, 6) is -0.598. The summed E-state index contributed by atoms with van der Waals surface area (Å²) in [6, 6.07) is 21.0. The van der Waals surface area contributed by atoms with Crippen molar-refractivity contribution < 1.29 is 19.1 Å². The number of nitrogens with zero attached hydrogens (tertiary/aromatic N) is 1. The van der Waals surface area contributed by atoms with E-state index in [0.717, 1.165) is 22.9 Å². The van der Waals surface area contributed by atoms with E-state index in [-0.39, 0.29) is 16.7 Å². The molecular formula is C25H18ClNO4S. The first-order chi connectivity index (χ1) is 15.4. The molecule has 4 rings (SSSR count). The van der Waals surface area contributed by atoms with Crippen LogP contribution in [0.2, 0.25) is 5.02 Å². The number of halogens is 1. The maximum absolute atomic E-state index is 12.9. The number of carbonyl (C=O) groups excluding carboxylic acids is 3. The molecule has 1 heterocycles. The van der Waals surface area contributed by atoms with Gasteiger partial charge in [0.15, 0.2) is 0 Å². The van der Waals surface area contributed by atoms with E-state index in [0.29, 0.717) is 21.9 Å². The highest BCUT2D eigenvalue weighted by Crippen LogP contribution is 2.35. The van der Waals surface area contributed by atoms with E-state index in [4.69, 9.17) is 16.3 Å². The zero-order valence-electron chi connectivity index (χ0n) is 17.1. The number of ether oxygens (including phenoxy) is 1. The Labute approximate surface area is 194 Å². The average Bonchev–Trinajstić information content (AvgIpc) is 3.03. The normalized spacial score (nSPS) is 14.8. The summed E-state index contributed by atoms with van der Waals surface area (Å²) in [6.07, 6.45) is 1.57. The minimum absolute atomic E-state index is 0.132. The number of amides is 2. The summed E-state index contributed by atoms with van der Waals surface area (Å²) in [6.45, 7) is 2.07. The summed E-state index contributed by atoms with van der Waals surface area (Å²) >= 11 is 6.85. The fourth-order valence-corrected chi connectivity index (χ4v) is 4.18. The van der Waals surface area contributed by atoms with Gasteiger partial charge >= 0.3 is 5.97 Å². The van der Waals surface area contributed by atoms with E-state index < -0.39 is 11.9 Å². The average molecular weight is 464 g/mol. The molecule has 7 heteroatoms. The minimum Gasteiger partial charge on any atom is -0.422 e. The lowest BCUT2D eigenvalue weighted by molar-refractivity contribution is -0.123. The Balaban J connectivity index is 1.55. The van der Waals surface area contributed by atoms with E-state index in [2.05, 4.69) is 0 Å².